The van der Waals surface area contributed by atoms with E-state index in [1.54, 1.807) is 0 Å². The van der Waals surface area contributed by atoms with Crippen LogP contribution in [0.15, 0.2) is 5.10 Å². The minimum absolute atomic E-state index is 0.0955. The third kappa shape index (κ3) is 3.73. The average molecular weight is 271 g/mol. The molecule has 1 heterocycles. The molecule has 0 aromatic rings. The van der Waals surface area contributed by atoms with Crippen molar-refractivity contribution < 1.29 is 9.59 Å². The Kier molecular flexibility index (Phi) is 5.19. The monoisotopic (exact) mass is 271 g/mol. The molecule has 6 heteroatoms. The molecule has 1 atom stereocenters. The molecule has 0 radical (unpaired) electrons. The highest BCUT2D eigenvalue weighted by molar-refractivity contribution is 8.15. The van der Waals surface area contributed by atoms with E-state index in [9.17, 15) is 9.59 Å². The lowest BCUT2D eigenvalue weighted by molar-refractivity contribution is -0.131. The van der Waals surface area contributed by atoms with Gasteiger partial charge in [-0.1, -0.05) is 37.9 Å². The predicted octanol–water partition coefficient (Wildman–Crippen LogP) is 2.29. The van der Waals surface area contributed by atoms with Gasteiger partial charge in [-0.3, -0.25) is 9.59 Å². The van der Waals surface area contributed by atoms with Gasteiger partial charge < -0.3 is 5.32 Å². The van der Waals surface area contributed by atoms with Crippen molar-refractivity contribution in [1.29, 1.82) is 0 Å². The second-order valence-corrected chi connectivity index (χ2v) is 6.12. The van der Waals surface area contributed by atoms with Crippen LogP contribution in [0.3, 0.4) is 0 Å². The zero-order valence-electron chi connectivity index (χ0n) is 11.4. The van der Waals surface area contributed by atoms with Crippen LogP contribution in [0.2, 0.25) is 0 Å². The summed E-state index contributed by atoms with van der Waals surface area (Å²) in [6, 6.07) is 0. The SMILES string of the molecule is CCCCCC1(C)SC(NC(C)=O)=NN1C(C)=O. The molecular formula is C12H21N3O2S. The largest absolute Gasteiger partial charge is 0.304 e. The van der Waals surface area contributed by atoms with E-state index in [2.05, 4.69) is 17.3 Å². The Balaban J connectivity index is 2.74. The van der Waals surface area contributed by atoms with Crippen molar-refractivity contribution in [2.45, 2.75) is 58.2 Å². The fourth-order valence-corrected chi connectivity index (χ4v) is 3.17. The van der Waals surface area contributed by atoms with Crippen LogP contribution in [0.1, 0.15) is 53.4 Å². The van der Waals surface area contributed by atoms with Crippen LogP contribution in [-0.4, -0.2) is 26.9 Å². The summed E-state index contributed by atoms with van der Waals surface area (Å²) >= 11 is 1.45. The number of carbonyl (C=O) groups excluding carboxylic acids is 2. The molecule has 102 valence electrons. The van der Waals surface area contributed by atoms with Gasteiger partial charge in [0.05, 0.1) is 0 Å². The lowest BCUT2D eigenvalue weighted by Crippen LogP contribution is -2.40. The van der Waals surface area contributed by atoms with E-state index < -0.39 is 0 Å². The van der Waals surface area contributed by atoms with Gasteiger partial charge in [-0.2, -0.15) is 0 Å². The summed E-state index contributed by atoms with van der Waals surface area (Å²) in [5, 5.41) is 8.84. The van der Waals surface area contributed by atoms with Crippen molar-refractivity contribution >= 4 is 28.7 Å². The van der Waals surface area contributed by atoms with Crippen molar-refractivity contribution in [3.8, 4) is 0 Å². The van der Waals surface area contributed by atoms with Gasteiger partial charge in [0.15, 0.2) is 5.17 Å². The smallest absolute Gasteiger partial charge is 0.240 e. The van der Waals surface area contributed by atoms with Crippen molar-refractivity contribution in [2.24, 2.45) is 5.10 Å². The molecule has 1 N–H and O–H groups in total. The molecule has 1 rings (SSSR count). The molecule has 0 bridgehead atoms. The molecule has 0 aromatic carbocycles. The van der Waals surface area contributed by atoms with E-state index in [0.29, 0.717) is 5.17 Å². The van der Waals surface area contributed by atoms with E-state index in [1.165, 1.54) is 30.6 Å². The van der Waals surface area contributed by atoms with Gasteiger partial charge in [-0.05, 0) is 13.3 Å². The number of carbonyl (C=O) groups is 2. The first-order valence-electron chi connectivity index (χ1n) is 6.25. The molecule has 0 saturated carbocycles. The summed E-state index contributed by atoms with van der Waals surface area (Å²) in [4.78, 5) is 22.3. The van der Waals surface area contributed by atoms with Gasteiger partial charge in [0, 0.05) is 13.8 Å². The number of hydrogen-bond donors (Lipinski definition) is 1. The first kappa shape index (κ1) is 15.0. The molecule has 0 spiro atoms. The van der Waals surface area contributed by atoms with Gasteiger partial charge in [0.1, 0.15) is 4.87 Å². The van der Waals surface area contributed by atoms with Crippen LogP contribution < -0.4 is 5.32 Å². The lowest BCUT2D eigenvalue weighted by Gasteiger charge is -2.30. The maximum Gasteiger partial charge on any atom is 0.240 e. The van der Waals surface area contributed by atoms with Gasteiger partial charge in [0.25, 0.3) is 0 Å². The Bertz CT molecular complexity index is 370. The Morgan fingerprint density at radius 3 is 2.56 bits per heavy atom. The zero-order chi connectivity index (χ0) is 13.8. The number of amidine groups is 1. The van der Waals surface area contributed by atoms with Crippen LogP contribution in [0.4, 0.5) is 0 Å². The molecular weight excluding hydrogens is 250 g/mol. The fourth-order valence-electron chi connectivity index (χ4n) is 1.93. The first-order chi connectivity index (χ1) is 8.39. The normalized spacial score (nSPS) is 22.9. The number of nitrogens with one attached hydrogen (secondary N) is 1. The zero-order valence-corrected chi connectivity index (χ0v) is 12.3. The molecule has 0 aliphatic carbocycles. The number of thioether (sulfide) groups is 1. The van der Waals surface area contributed by atoms with Crippen LogP contribution >= 0.6 is 11.8 Å². The number of rotatable bonds is 4. The highest BCUT2D eigenvalue weighted by Gasteiger charge is 2.41. The number of unbranched alkanes of at least 4 members (excludes halogenated alkanes) is 2. The Labute approximate surface area is 112 Å². The topological polar surface area (TPSA) is 61.8 Å². The number of nitrogens with zero attached hydrogens (tertiary/aromatic N) is 2. The number of hydrogen-bond acceptors (Lipinski definition) is 4. The van der Waals surface area contributed by atoms with Gasteiger partial charge in [-0.25, -0.2) is 5.01 Å². The van der Waals surface area contributed by atoms with Gasteiger partial charge in [0.2, 0.25) is 11.8 Å². The molecule has 1 aliphatic rings. The quantitative estimate of drug-likeness (QED) is 0.798. The molecule has 5 nitrogen and oxygen atoms in total. The summed E-state index contributed by atoms with van der Waals surface area (Å²) in [6.07, 6.45) is 4.20. The summed E-state index contributed by atoms with van der Waals surface area (Å²) in [6.45, 7) is 7.08. The second-order valence-electron chi connectivity index (χ2n) is 4.65. The molecule has 0 fully saturated rings. The van der Waals surface area contributed by atoms with Crippen molar-refractivity contribution in [1.82, 2.24) is 10.3 Å². The minimum atomic E-state index is -0.376. The van der Waals surface area contributed by atoms with Crippen molar-refractivity contribution in [3.05, 3.63) is 0 Å². The molecule has 0 saturated heterocycles. The maximum atomic E-state index is 11.6. The maximum absolute atomic E-state index is 11.6. The summed E-state index contributed by atoms with van der Waals surface area (Å²) < 4.78 is 0. The van der Waals surface area contributed by atoms with Crippen molar-refractivity contribution in [3.63, 3.8) is 0 Å². The number of amides is 2. The average Bonchev–Trinajstić information content (AvgIpc) is 2.55. The van der Waals surface area contributed by atoms with Crippen LogP contribution in [0, 0.1) is 0 Å². The molecule has 2 amide bonds. The molecule has 18 heavy (non-hydrogen) atoms. The fraction of sp³-hybridized carbons (Fsp3) is 0.750. The van der Waals surface area contributed by atoms with E-state index in [1.807, 2.05) is 6.92 Å². The van der Waals surface area contributed by atoms with E-state index >= 15 is 0 Å². The highest BCUT2D eigenvalue weighted by atomic mass is 32.2. The lowest BCUT2D eigenvalue weighted by atomic mass is 10.1. The van der Waals surface area contributed by atoms with Gasteiger partial charge >= 0.3 is 0 Å². The van der Waals surface area contributed by atoms with Crippen LogP contribution in [0.5, 0.6) is 0 Å². The third-order valence-electron chi connectivity index (χ3n) is 2.78. The number of hydrazone groups is 1. The second kappa shape index (κ2) is 6.22. The first-order valence-corrected chi connectivity index (χ1v) is 7.06. The summed E-state index contributed by atoms with van der Waals surface area (Å²) in [5.41, 5.74) is 0. The Morgan fingerprint density at radius 1 is 1.39 bits per heavy atom. The molecule has 0 aromatic heterocycles. The molecule has 1 aliphatic heterocycles. The highest BCUT2D eigenvalue weighted by Crippen LogP contribution is 2.40. The van der Waals surface area contributed by atoms with Crippen molar-refractivity contribution in [2.75, 3.05) is 0 Å². The standard InChI is InChI=1S/C12H21N3O2S/c1-5-6-7-8-12(4)15(10(3)17)14-11(18-12)13-9(2)16/h5-8H2,1-4H3,(H,13,14,16). The Morgan fingerprint density at radius 2 is 2.06 bits per heavy atom. The van der Waals surface area contributed by atoms with Crippen LogP contribution in [0.25, 0.3) is 0 Å². The van der Waals surface area contributed by atoms with E-state index in [4.69, 9.17) is 0 Å². The third-order valence-corrected chi connectivity index (χ3v) is 3.97. The van der Waals surface area contributed by atoms with Gasteiger partial charge in [-0.15, -0.1) is 5.10 Å². The minimum Gasteiger partial charge on any atom is -0.304 e. The Hall–Kier alpha value is -1.04. The van der Waals surface area contributed by atoms with Crippen LogP contribution in [-0.2, 0) is 9.59 Å². The van der Waals surface area contributed by atoms with E-state index in [0.717, 1.165) is 25.7 Å². The van der Waals surface area contributed by atoms with E-state index in [-0.39, 0.29) is 16.7 Å². The summed E-state index contributed by atoms with van der Waals surface area (Å²) in [5.74, 6) is -0.260. The summed E-state index contributed by atoms with van der Waals surface area (Å²) in [7, 11) is 0. The molecule has 1 unspecified atom stereocenters. The predicted molar refractivity (Wildman–Crippen MR) is 73.9 cm³/mol.